The highest BCUT2D eigenvalue weighted by Crippen LogP contribution is 2.40. The van der Waals surface area contributed by atoms with Gasteiger partial charge in [0.15, 0.2) is 0 Å². The van der Waals surface area contributed by atoms with E-state index in [-0.39, 0.29) is 17.4 Å². The summed E-state index contributed by atoms with van der Waals surface area (Å²) in [5, 5.41) is 11.4. The highest BCUT2D eigenvalue weighted by molar-refractivity contribution is 6.46. The van der Waals surface area contributed by atoms with Gasteiger partial charge in [-0.25, -0.2) is 0 Å². The number of ketones is 1. The molecule has 7 heteroatoms. The van der Waals surface area contributed by atoms with Crippen molar-refractivity contribution >= 4 is 17.4 Å². The lowest BCUT2D eigenvalue weighted by Gasteiger charge is -2.27. The Labute approximate surface area is 206 Å². The average molecular weight is 480 g/mol. The quantitative estimate of drug-likeness (QED) is 0.329. The van der Waals surface area contributed by atoms with Crippen molar-refractivity contribution in [3.05, 3.63) is 64.7 Å². The van der Waals surface area contributed by atoms with Gasteiger partial charge < -0.3 is 24.4 Å². The predicted octanol–water partition coefficient (Wildman–Crippen LogP) is 2.76. The molecule has 0 bridgehead atoms. The summed E-state index contributed by atoms with van der Waals surface area (Å²) in [6, 6.07) is 12.2. The number of likely N-dealkylation sites (tertiary alicyclic amines) is 1. The minimum absolute atomic E-state index is 0.0689. The molecule has 2 heterocycles. The highest BCUT2D eigenvalue weighted by atomic mass is 16.5. The summed E-state index contributed by atoms with van der Waals surface area (Å²) in [5.41, 5.74) is 2.39. The normalized spacial score (nSPS) is 20.9. The summed E-state index contributed by atoms with van der Waals surface area (Å²) in [6.07, 6.45) is 0.805. The molecule has 2 aromatic carbocycles. The first-order chi connectivity index (χ1) is 16.9. The zero-order chi connectivity index (χ0) is 25.1. The molecule has 0 saturated carbocycles. The summed E-state index contributed by atoms with van der Waals surface area (Å²) in [5.74, 6) is 0.131. The molecule has 0 spiro atoms. The van der Waals surface area contributed by atoms with Crippen molar-refractivity contribution in [1.29, 1.82) is 0 Å². The second-order valence-electron chi connectivity index (χ2n) is 9.16. The smallest absolute Gasteiger partial charge is 0.295 e. The Morgan fingerprint density at radius 1 is 1.11 bits per heavy atom. The number of likely N-dealkylation sites (N-methyl/N-ethyl adjacent to an activating group) is 1. The van der Waals surface area contributed by atoms with Gasteiger partial charge in [0.05, 0.1) is 44.4 Å². The first-order valence-electron chi connectivity index (χ1n) is 12.5. The molecule has 2 atom stereocenters. The molecular formula is C28H35N2O5+. The zero-order valence-corrected chi connectivity index (χ0v) is 21.0. The van der Waals surface area contributed by atoms with E-state index in [1.165, 1.54) is 4.90 Å². The lowest BCUT2D eigenvalue weighted by molar-refractivity contribution is -0.895. The van der Waals surface area contributed by atoms with Crippen molar-refractivity contribution in [3.8, 4) is 11.5 Å². The number of Topliss-reactive ketones (excluding diaryl/α,β-unsaturated/α-hetero) is 1. The van der Waals surface area contributed by atoms with Crippen molar-refractivity contribution in [2.45, 2.75) is 46.3 Å². The predicted molar refractivity (Wildman–Crippen MR) is 134 cm³/mol. The second-order valence-corrected chi connectivity index (χ2v) is 9.16. The fourth-order valence-electron chi connectivity index (χ4n) is 4.98. The number of aliphatic hydroxyl groups is 1. The molecule has 4 rings (SSSR count). The first-order valence-corrected chi connectivity index (χ1v) is 12.5. The Bertz CT molecular complexity index is 1120. The van der Waals surface area contributed by atoms with Crippen molar-refractivity contribution in [1.82, 2.24) is 4.90 Å². The Morgan fingerprint density at radius 2 is 1.83 bits per heavy atom. The van der Waals surface area contributed by atoms with E-state index in [1.54, 1.807) is 11.0 Å². The molecule has 0 radical (unpaired) electrons. The van der Waals surface area contributed by atoms with Gasteiger partial charge >= 0.3 is 0 Å². The number of amides is 1. The Hall–Kier alpha value is -3.32. The van der Waals surface area contributed by atoms with Gasteiger partial charge in [-0.3, -0.25) is 9.59 Å². The van der Waals surface area contributed by atoms with Crippen molar-refractivity contribution < 1.29 is 29.1 Å². The molecule has 2 N–H and O–H groups in total. The topological polar surface area (TPSA) is 80.5 Å². The number of fused-ring (bicyclic) bond motifs is 1. The monoisotopic (exact) mass is 479 g/mol. The minimum Gasteiger partial charge on any atom is -0.507 e. The fourth-order valence-corrected chi connectivity index (χ4v) is 4.98. The summed E-state index contributed by atoms with van der Waals surface area (Å²) < 4.78 is 11.3. The van der Waals surface area contributed by atoms with E-state index >= 15 is 0 Å². The number of carbonyl (C=O) groups excluding carboxylic acids is 2. The lowest BCUT2D eigenvalue weighted by Crippen LogP contribution is -3.12. The van der Waals surface area contributed by atoms with E-state index in [0.29, 0.717) is 24.5 Å². The van der Waals surface area contributed by atoms with Crippen LogP contribution in [0.15, 0.2) is 48.0 Å². The van der Waals surface area contributed by atoms with Crippen LogP contribution in [0.4, 0.5) is 0 Å². The summed E-state index contributed by atoms with van der Waals surface area (Å²) in [4.78, 5) is 29.4. The van der Waals surface area contributed by atoms with Crippen LogP contribution in [0.25, 0.3) is 5.76 Å². The molecule has 35 heavy (non-hydrogen) atoms. The maximum Gasteiger partial charge on any atom is 0.295 e. The van der Waals surface area contributed by atoms with E-state index in [0.717, 1.165) is 42.9 Å². The number of hydrogen-bond acceptors (Lipinski definition) is 5. The molecule has 2 aliphatic rings. The van der Waals surface area contributed by atoms with Gasteiger partial charge in [0.25, 0.3) is 11.7 Å². The zero-order valence-electron chi connectivity index (χ0n) is 21.0. The van der Waals surface area contributed by atoms with Gasteiger partial charge in [-0.1, -0.05) is 12.1 Å². The largest absolute Gasteiger partial charge is 0.507 e. The third kappa shape index (κ3) is 4.91. The number of aliphatic hydroxyl groups excluding tert-OH is 1. The highest BCUT2D eigenvalue weighted by Gasteiger charge is 2.46. The van der Waals surface area contributed by atoms with Crippen LogP contribution in [-0.2, 0) is 16.0 Å². The molecule has 0 aliphatic carbocycles. The summed E-state index contributed by atoms with van der Waals surface area (Å²) in [7, 11) is 0. The molecule has 7 nitrogen and oxygen atoms in total. The second kappa shape index (κ2) is 10.5. The Morgan fingerprint density at radius 3 is 2.49 bits per heavy atom. The Balaban J connectivity index is 1.76. The van der Waals surface area contributed by atoms with Crippen LogP contribution in [0, 0.1) is 0 Å². The van der Waals surface area contributed by atoms with Crippen molar-refractivity contribution in [2.75, 3.05) is 32.8 Å². The van der Waals surface area contributed by atoms with Crippen LogP contribution in [0.2, 0.25) is 0 Å². The number of nitrogens with one attached hydrogen (secondary N) is 1. The summed E-state index contributed by atoms with van der Waals surface area (Å²) in [6.45, 7) is 11.7. The van der Waals surface area contributed by atoms with Gasteiger partial charge in [-0.2, -0.15) is 0 Å². The number of benzene rings is 2. The van der Waals surface area contributed by atoms with E-state index in [4.69, 9.17) is 9.47 Å². The third-order valence-corrected chi connectivity index (χ3v) is 6.92. The number of rotatable bonds is 9. The number of carbonyl (C=O) groups is 2. The van der Waals surface area contributed by atoms with E-state index < -0.39 is 17.7 Å². The molecule has 0 unspecified atom stereocenters. The first kappa shape index (κ1) is 24.8. The van der Waals surface area contributed by atoms with Crippen LogP contribution < -0.4 is 14.4 Å². The molecule has 1 fully saturated rings. The van der Waals surface area contributed by atoms with E-state index in [9.17, 15) is 14.7 Å². The van der Waals surface area contributed by atoms with Gasteiger partial charge in [0, 0.05) is 12.0 Å². The average Bonchev–Trinajstić information content (AvgIpc) is 3.35. The fraction of sp³-hybridized carbons (Fsp3) is 0.429. The van der Waals surface area contributed by atoms with Gasteiger partial charge in [-0.05, 0) is 69.2 Å². The van der Waals surface area contributed by atoms with Gasteiger partial charge in [0.1, 0.15) is 23.4 Å². The lowest BCUT2D eigenvalue weighted by atomic mass is 9.94. The van der Waals surface area contributed by atoms with Crippen molar-refractivity contribution in [3.63, 3.8) is 0 Å². The number of quaternary nitrogens is 1. The maximum absolute atomic E-state index is 13.3. The standard InChI is InChI=1S/C28H34N2O5/c1-5-29(6-2)14-15-30-25(19-8-11-22(12-9-19)34-7-3)24(27(32)28(30)33)26(31)20-10-13-23-21(17-20)16-18(4)35-23/h8-13,17-18,25,31H,5-7,14-16H2,1-4H3/p+1/t18-,25-/m0/s1. The molecule has 2 aromatic rings. The Kier molecular flexibility index (Phi) is 7.45. The van der Waals surface area contributed by atoms with Crippen molar-refractivity contribution in [2.24, 2.45) is 0 Å². The van der Waals surface area contributed by atoms with Crippen LogP contribution >= 0.6 is 0 Å². The molecule has 2 aliphatic heterocycles. The molecule has 1 amide bonds. The third-order valence-electron chi connectivity index (χ3n) is 6.92. The minimum atomic E-state index is -0.663. The van der Waals surface area contributed by atoms with E-state index in [2.05, 4.69) is 13.8 Å². The van der Waals surface area contributed by atoms with Crippen LogP contribution in [0.3, 0.4) is 0 Å². The van der Waals surface area contributed by atoms with Crippen LogP contribution in [-0.4, -0.2) is 60.6 Å². The van der Waals surface area contributed by atoms with Crippen LogP contribution in [0.5, 0.6) is 11.5 Å². The number of ether oxygens (including phenoxy) is 2. The van der Waals surface area contributed by atoms with Gasteiger partial charge in [-0.15, -0.1) is 0 Å². The van der Waals surface area contributed by atoms with E-state index in [1.807, 2.05) is 50.2 Å². The molecule has 186 valence electrons. The van der Waals surface area contributed by atoms with Crippen LogP contribution in [0.1, 0.15) is 50.4 Å². The molecule has 0 aromatic heterocycles. The number of hydrogen-bond donors (Lipinski definition) is 2. The summed E-state index contributed by atoms with van der Waals surface area (Å²) >= 11 is 0. The number of nitrogens with zero attached hydrogens (tertiary/aromatic N) is 1. The maximum atomic E-state index is 13.3. The SMILES string of the molecule is CCOc1ccc([C@H]2C(=C(O)c3ccc4c(c3)C[C@H](C)O4)C(=O)C(=O)N2CC[NH+](CC)CC)cc1. The van der Waals surface area contributed by atoms with Gasteiger partial charge in [0.2, 0.25) is 0 Å². The molecule has 1 saturated heterocycles. The molecular weight excluding hydrogens is 444 g/mol.